The van der Waals surface area contributed by atoms with Gasteiger partial charge in [-0.05, 0) is 207 Å². The average Bonchev–Trinajstić information content (AvgIpc) is 1.68. The van der Waals surface area contributed by atoms with Crippen LogP contribution in [0.4, 0.5) is 51.7 Å². The zero-order valence-electron chi connectivity index (χ0n) is 69.1. The second-order valence-corrected chi connectivity index (χ2v) is 40.3. The molecule has 26 nitrogen and oxygen atoms in total. The van der Waals surface area contributed by atoms with E-state index in [-0.39, 0.29) is 10.2 Å². The summed E-state index contributed by atoms with van der Waals surface area (Å²) in [5.74, 6) is 3.06. The Morgan fingerprint density at radius 1 is 0.557 bits per heavy atom. The fourth-order valence-corrected chi connectivity index (χ4v) is 17.9. The Kier molecular flexibility index (Phi) is 34.0. The Hall–Kier alpha value is -7.50. The molecular weight excluding hydrogens is 1670 g/mol. The Balaban J connectivity index is 0.000000192. The van der Waals surface area contributed by atoms with Crippen molar-refractivity contribution < 1.29 is 36.7 Å². The zero-order chi connectivity index (χ0) is 83.3. The van der Waals surface area contributed by atoms with Gasteiger partial charge in [0.05, 0.1) is 63.2 Å². The van der Waals surface area contributed by atoms with Crippen LogP contribution in [0, 0.1) is 6.92 Å². The lowest BCUT2D eigenvalue weighted by atomic mass is 9.99. The summed E-state index contributed by atoms with van der Waals surface area (Å²) in [6.07, 6.45) is 21.9. The van der Waals surface area contributed by atoms with Gasteiger partial charge in [0.15, 0.2) is 0 Å². The van der Waals surface area contributed by atoms with E-state index in [1.54, 1.807) is 81.0 Å². The molecule has 4 aliphatic rings. The molecular formula is C83H117Br2ClN18O8P2S. The molecule has 7 N–H and O–H groups in total. The molecule has 115 heavy (non-hydrogen) atoms. The number of halogens is 3. The minimum Gasteiger partial charge on any atom is -0.495 e. The molecule has 0 saturated carbocycles. The largest absolute Gasteiger partial charge is 0.495 e. The van der Waals surface area contributed by atoms with Crippen molar-refractivity contribution in [3.8, 4) is 33.8 Å². The fraction of sp³-hybridized carbons (Fsp3) is 0.470. The van der Waals surface area contributed by atoms with Crippen molar-refractivity contribution in [3.05, 3.63) is 153 Å². The van der Waals surface area contributed by atoms with Crippen molar-refractivity contribution in [2.75, 3.05) is 172 Å². The fourth-order valence-electron chi connectivity index (χ4n) is 14.4. The van der Waals surface area contributed by atoms with E-state index in [9.17, 15) is 17.5 Å². The highest BCUT2D eigenvalue weighted by molar-refractivity contribution is 9.11. The van der Waals surface area contributed by atoms with Crippen LogP contribution in [0.1, 0.15) is 88.8 Å². The second-order valence-electron chi connectivity index (χ2n) is 30.5. The van der Waals surface area contributed by atoms with Gasteiger partial charge in [0.25, 0.3) is 10.1 Å². The number of hydrogen-bond acceptors (Lipinski definition) is 23. The van der Waals surface area contributed by atoms with Crippen LogP contribution >= 0.6 is 57.7 Å². The molecule has 0 aliphatic carbocycles. The summed E-state index contributed by atoms with van der Waals surface area (Å²) in [6.45, 7) is 29.6. The van der Waals surface area contributed by atoms with Crippen molar-refractivity contribution in [3.63, 3.8) is 0 Å². The summed E-state index contributed by atoms with van der Waals surface area (Å²) in [4.78, 5) is 32.8. The number of likely N-dealkylation sites (N-methyl/N-ethyl adjacent to an activating group) is 2. The average molecular weight is 1780 g/mol. The van der Waals surface area contributed by atoms with Gasteiger partial charge in [0.2, 0.25) is 11.2 Å². The van der Waals surface area contributed by atoms with Gasteiger partial charge in [-0.1, -0.05) is 69.9 Å². The predicted octanol–water partition coefficient (Wildman–Crippen LogP) is 15.3. The van der Waals surface area contributed by atoms with Crippen LogP contribution in [0.5, 0.6) is 11.5 Å². The molecule has 4 fully saturated rings. The molecule has 0 unspecified atom stereocenters. The predicted molar refractivity (Wildman–Crippen MR) is 480 cm³/mol. The van der Waals surface area contributed by atoms with Crippen LogP contribution in [0.15, 0.2) is 136 Å². The molecule has 0 amide bonds. The Labute approximate surface area is 702 Å². The number of nitrogen functional groups attached to an aromatic ring is 1. The molecule has 0 bridgehead atoms. The van der Waals surface area contributed by atoms with Gasteiger partial charge in [-0.25, -0.2) is 9.97 Å². The number of piperazine rings is 2. The normalized spacial score (nSPS) is 15.6. The monoisotopic (exact) mass is 1780 g/mol. The summed E-state index contributed by atoms with van der Waals surface area (Å²) in [7, 11) is 2.39. The highest BCUT2D eigenvalue weighted by Gasteiger charge is 2.31. The third kappa shape index (κ3) is 26.2. The van der Waals surface area contributed by atoms with Gasteiger partial charge in [0, 0.05) is 181 Å². The molecule has 4 aromatic heterocycles. The maximum Gasteiger partial charge on any atom is 0.294 e. The third-order valence-electron chi connectivity index (χ3n) is 20.9. The van der Waals surface area contributed by atoms with Crippen molar-refractivity contribution in [1.82, 2.24) is 59.1 Å². The SMILES string of the molecule is CCCCO.CCCc1cc(N)c(OC)cc1N1CCC(N2CCN(C)CC2)CC1.CCCc1cc(Nc2ncc(Br)c(Nc3ccc(-c4cnn(C)c4)cc3P(C)(C)=O)n2)c(OC)cc1N1CCC(N2CCN(C)CC2)CC1.Cc1ccc(S(=O)(=O)O)cc1.Cn1cc(-c2ccc(Nc3nc(Cl)ncc3Br)c(P(C)(C)=O)c2)cn1. The number of nitrogens with two attached hydrogens (primary N) is 1. The van der Waals surface area contributed by atoms with Crippen molar-refractivity contribution in [2.45, 2.75) is 109 Å². The number of rotatable bonds is 23. The van der Waals surface area contributed by atoms with E-state index >= 15 is 0 Å². The van der Waals surface area contributed by atoms with Gasteiger partial charge < -0.3 is 65.0 Å². The first-order chi connectivity index (χ1) is 54.8. The maximum absolute atomic E-state index is 13.5. The number of nitrogens with zero attached hydrogens (tertiary/aromatic N) is 14. The van der Waals surface area contributed by atoms with Gasteiger partial charge in [0.1, 0.15) is 37.4 Å². The quantitative estimate of drug-likeness (QED) is 0.0150. The maximum atomic E-state index is 13.5. The van der Waals surface area contributed by atoms with Gasteiger partial charge >= 0.3 is 0 Å². The molecule has 32 heteroatoms. The Bertz CT molecular complexity index is 4870. The zero-order valence-corrected chi connectivity index (χ0v) is 75.6. The molecule has 0 spiro atoms. The number of aromatic nitrogens is 8. The number of aliphatic hydroxyl groups is 1. The number of aliphatic hydroxyl groups excluding tert-OH is 1. The lowest BCUT2D eigenvalue weighted by molar-refractivity contribution is 0.0982. The summed E-state index contributed by atoms with van der Waals surface area (Å²) in [5, 5.41) is 28.2. The highest BCUT2D eigenvalue weighted by Crippen LogP contribution is 2.44. The minimum atomic E-state index is -4.02. The molecule has 13 rings (SSSR count). The van der Waals surface area contributed by atoms with E-state index in [1.807, 2.05) is 76.0 Å². The van der Waals surface area contributed by atoms with Crippen LogP contribution in [-0.4, -0.2) is 229 Å². The van der Waals surface area contributed by atoms with E-state index < -0.39 is 24.4 Å². The Morgan fingerprint density at radius 2 is 1.00 bits per heavy atom. The first kappa shape index (κ1) is 91.4. The number of benzene rings is 5. The number of nitrogens with one attached hydrogen (secondary N) is 3. The van der Waals surface area contributed by atoms with Crippen molar-refractivity contribution in [1.29, 1.82) is 0 Å². The van der Waals surface area contributed by atoms with Crippen LogP contribution in [-0.2, 0) is 46.2 Å². The van der Waals surface area contributed by atoms with Crippen molar-refractivity contribution in [2.24, 2.45) is 14.1 Å². The van der Waals surface area contributed by atoms with E-state index in [2.05, 4.69) is 161 Å². The third-order valence-corrected chi connectivity index (χ3v) is 26.1. The molecule has 9 aromatic rings. The van der Waals surface area contributed by atoms with E-state index in [1.165, 1.54) is 99.6 Å². The summed E-state index contributed by atoms with van der Waals surface area (Å²) in [5.41, 5.74) is 19.2. The van der Waals surface area contributed by atoms with Gasteiger partial charge in [-0.3, -0.25) is 23.7 Å². The molecule has 624 valence electrons. The van der Waals surface area contributed by atoms with E-state index in [0.29, 0.717) is 39.2 Å². The lowest BCUT2D eigenvalue weighted by Crippen LogP contribution is -2.52. The number of ether oxygens (including phenoxy) is 2. The number of unbranched alkanes of at least 4 members (excludes halogenated alkanes) is 1. The molecule has 8 heterocycles. The van der Waals surface area contributed by atoms with Gasteiger partial charge in [-0.2, -0.15) is 28.6 Å². The topological polar surface area (TPSA) is 296 Å². The minimum absolute atomic E-state index is 0.0666. The van der Waals surface area contributed by atoms with Crippen LogP contribution < -0.4 is 51.6 Å². The van der Waals surface area contributed by atoms with E-state index in [0.717, 1.165) is 157 Å². The summed E-state index contributed by atoms with van der Waals surface area (Å²) < 4.78 is 72.1. The molecule has 0 radical (unpaired) electrons. The number of anilines is 9. The number of hydrogen-bond donors (Lipinski definition) is 6. The Morgan fingerprint density at radius 3 is 1.40 bits per heavy atom. The number of methoxy groups -OCH3 is 2. The van der Waals surface area contributed by atoms with Crippen LogP contribution in [0.3, 0.4) is 0 Å². The molecule has 4 aliphatic heterocycles. The second kappa shape index (κ2) is 42.8. The summed E-state index contributed by atoms with van der Waals surface area (Å²) in [6, 6.07) is 27.7. The van der Waals surface area contributed by atoms with Crippen LogP contribution in [0.25, 0.3) is 22.3 Å². The molecule has 4 saturated heterocycles. The van der Waals surface area contributed by atoms with Crippen LogP contribution in [0.2, 0.25) is 5.28 Å². The number of piperidine rings is 2. The smallest absolute Gasteiger partial charge is 0.294 e. The first-order valence-electron chi connectivity index (χ1n) is 39.4. The molecule has 0 atom stereocenters. The number of aryl methyl sites for hydroxylation is 5. The van der Waals surface area contributed by atoms with Gasteiger partial charge in [-0.15, -0.1) is 0 Å². The molecule has 5 aromatic carbocycles. The van der Waals surface area contributed by atoms with Crippen molar-refractivity contribution >= 4 is 130 Å². The first-order valence-corrected chi connectivity index (χ1v) is 48.0. The lowest BCUT2D eigenvalue weighted by Gasteiger charge is -2.43. The highest BCUT2D eigenvalue weighted by atomic mass is 79.9. The standard InChI is InChI=1S/C36H49BrN9O2P.C20H34N4O.C16H16BrClN5OP.C7H8O3S.C4H10O/c1-7-8-26-19-31(33(48-4)21-32(26)46-13-11-28(12-14-46)45-17-15-43(2)16-18-45)41-36-38-23-29(37)35(42-36)40-30-10-9-25(20-34(30)49(5,6)47)27-22-39-44(3)24-27;1-4-5-16-14-18(21)20(25-3)15-19(16)24-8-6-17(7-9-24)23-12-10-22(2)11-13-23;1-23-9-11(7-20-23)10-4-5-13(14(6-10)25(2,3)24)21-15-12(17)8-19-16(18)22-15;1-6-2-4-7(5-3-6)11(8,9)10;1-2-3-4-5/h9-10,19-24,28H,7-8,11-18H2,1-6H3,(H2,38,40,41,42);14-15,17H,4-13,21H2,1-3H3;4-9H,1-3H3,(H,19,21,22);2-5H,1H3,(H,8,9,10);5H,2-4H2,1H3. The summed E-state index contributed by atoms with van der Waals surface area (Å²) >= 11 is 12.9. The van der Waals surface area contributed by atoms with E-state index in [4.69, 9.17) is 41.5 Å².